The lowest BCUT2D eigenvalue weighted by Crippen LogP contribution is -2.31. The molecule has 1 atom stereocenters. The summed E-state index contributed by atoms with van der Waals surface area (Å²) in [6, 6.07) is 0.181. The van der Waals surface area contributed by atoms with Crippen LogP contribution in [0, 0.1) is 6.92 Å². The molecule has 6 nitrogen and oxygen atoms in total. The van der Waals surface area contributed by atoms with Crippen LogP contribution in [-0.4, -0.2) is 31.7 Å². The molecule has 1 aliphatic carbocycles. The number of aryl methyl sites for hydroxylation is 1. The molecule has 0 aromatic carbocycles. The lowest BCUT2D eigenvalue weighted by molar-refractivity contribution is 0.427. The molecule has 0 bridgehead atoms. The molecule has 2 rings (SSSR count). The predicted octanol–water partition coefficient (Wildman–Crippen LogP) is 1.11. The van der Waals surface area contributed by atoms with Gasteiger partial charge in [-0.15, -0.1) is 0 Å². The summed E-state index contributed by atoms with van der Waals surface area (Å²) in [5.74, 6) is 1.20. The summed E-state index contributed by atoms with van der Waals surface area (Å²) in [5, 5.41) is 3.29. The smallest absolute Gasteiger partial charge is 0.212 e. The highest BCUT2D eigenvalue weighted by molar-refractivity contribution is 7.89. The van der Waals surface area contributed by atoms with Crippen LogP contribution in [0.15, 0.2) is 10.6 Å². The molecule has 1 fully saturated rings. The normalized spacial score (nSPS) is 17.6. The summed E-state index contributed by atoms with van der Waals surface area (Å²) >= 11 is 0. The fourth-order valence-corrected chi connectivity index (χ4v) is 3.09. The topological polar surface area (TPSA) is 84.2 Å². The standard InChI is InChI=1S/C12H21N3O3S/c1-9-8-14-12(18-9)10(2)15-19(16,17)7-3-6-13-11-4-5-11/h8,10-11,13,15H,3-7H2,1-2H3. The number of nitrogens with one attached hydrogen (secondary N) is 2. The van der Waals surface area contributed by atoms with Gasteiger partial charge in [-0.1, -0.05) is 0 Å². The monoisotopic (exact) mass is 287 g/mol. The quantitative estimate of drug-likeness (QED) is 0.700. The molecule has 7 heteroatoms. The van der Waals surface area contributed by atoms with Gasteiger partial charge in [0.05, 0.1) is 18.0 Å². The minimum atomic E-state index is -3.29. The van der Waals surface area contributed by atoms with Crippen LogP contribution in [0.1, 0.15) is 43.9 Å². The number of rotatable bonds is 8. The SMILES string of the molecule is Cc1cnc(C(C)NS(=O)(=O)CCCNC2CC2)o1. The summed E-state index contributed by atoms with van der Waals surface area (Å²) in [4.78, 5) is 4.02. The van der Waals surface area contributed by atoms with E-state index < -0.39 is 16.1 Å². The van der Waals surface area contributed by atoms with E-state index in [9.17, 15) is 8.42 Å². The maximum atomic E-state index is 11.9. The molecule has 108 valence electrons. The van der Waals surface area contributed by atoms with E-state index in [1.165, 1.54) is 12.8 Å². The van der Waals surface area contributed by atoms with Crippen molar-refractivity contribution in [3.8, 4) is 0 Å². The molecular formula is C12H21N3O3S. The van der Waals surface area contributed by atoms with Crippen LogP contribution in [-0.2, 0) is 10.0 Å². The van der Waals surface area contributed by atoms with E-state index in [-0.39, 0.29) is 5.75 Å². The molecule has 19 heavy (non-hydrogen) atoms. The molecule has 0 amide bonds. The molecule has 0 aliphatic heterocycles. The van der Waals surface area contributed by atoms with Crippen molar-refractivity contribution < 1.29 is 12.8 Å². The molecular weight excluding hydrogens is 266 g/mol. The van der Waals surface area contributed by atoms with Gasteiger partial charge in [0.25, 0.3) is 0 Å². The molecule has 0 spiro atoms. The van der Waals surface area contributed by atoms with Crippen molar-refractivity contribution in [2.45, 2.75) is 45.2 Å². The van der Waals surface area contributed by atoms with Crippen LogP contribution in [0.4, 0.5) is 0 Å². The number of hydrogen-bond donors (Lipinski definition) is 2. The summed E-state index contributed by atoms with van der Waals surface area (Å²) < 4.78 is 31.6. The van der Waals surface area contributed by atoms with Crippen LogP contribution in [0.25, 0.3) is 0 Å². The number of sulfonamides is 1. The van der Waals surface area contributed by atoms with E-state index >= 15 is 0 Å². The highest BCUT2D eigenvalue weighted by atomic mass is 32.2. The van der Waals surface area contributed by atoms with Gasteiger partial charge in [0, 0.05) is 6.04 Å². The zero-order valence-electron chi connectivity index (χ0n) is 11.3. The Bertz CT molecular complexity index is 508. The zero-order chi connectivity index (χ0) is 13.9. The van der Waals surface area contributed by atoms with Gasteiger partial charge in [0.15, 0.2) is 0 Å². The van der Waals surface area contributed by atoms with Crippen molar-refractivity contribution >= 4 is 10.0 Å². The highest BCUT2D eigenvalue weighted by Crippen LogP contribution is 2.18. The van der Waals surface area contributed by atoms with E-state index in [0.717, 1.165) is 6.54 Å². The molecule has 1 heterocycles. The first kappa shape index (κ1) is 14.5. The molecule has 1 aromatic heterocycles. The van der Waals surface area contributed by atoms with Gasteiger partial charge in [-0.25, -0.2) is 18.1 Å². The molecule has 1 aromatic rings. The fraction of sp³-hybridized carbons (Fsp3) is 0.750. The minimum absolute atomic E-state index is 0.122. The molecule has 1 saturated carbocycles. The van der Waals surface area contributed by atoms with Crippen molar-refractivity contribution in [2.24, 2.45) is 0 Å². The van der Waals surface area contributed by atoms with Crippen molar-refractivity contribution in [1.29, 1.82) is 0 Å². The maximum absolute atomic E-state index is 11.9. The van der Waals surface area contributed by atoms with Crippen molar-refractivity contribution in [3.63, 3.8) is 0 Å². The zero-order valence-corrected chi connectivity index (χ0v) is 12.2. The van der Waals surface area contributed by atoms with Gasteiger partial charge in [-0.3, -0.25) is 0 Å². The van der Waals surface area contributed by atoms with Gasteiger partial charge in [-0.05, 0) is 39.7 Å². The Kier molecular flexibility index (Phi) is 4.59. The van der Waals surface area contributed by atoms with Gasteiger partial charge >= 0.3 is 0 Å². The first-order valence-corrected chi connectivity index (χ1v) is 8.27. The number of hydrogen-bond acceptors (Lipinski definition) is 5. The number of aromatic nitrogens is 1. The van der Waals surface area contributed by atoms with Gasteiger partial charge in [-0.2, -0.15) is 0 Å². The second kappa shape index (κ2) is 6.02. The fourth-order valence-electron chi connectivity index (χ4n) is 1.81. The Balaban J connectivity index is 1.75. The van der Waals surface area contributed by atoms with E-state index in [1.54, 1.807) is 20.0 Å². The van der Waals surface area contributed by atoms with E-state index in [1.807, 2.05) is 0 Å². The largest absolute Gasteiger partial charge is 0.444 e. The molecule has 0 saturated heterocycles. The Labute approximate surface area is 114 Å². The van der Waals surface area contributed by atoms with Crippen LogP contribution in [0.2, 0.25) is 0 Å². The summed E-state index contributed by atoms with van der Waals surface area (Å²) in [7, 11) is -3.29. The van der Waals surface area contributed by atoms with Crippen LogP contribution >= 0.6 is 0 Å². The van der Waals surface area contributed by atoms with Crippen LogP contribution in [0.3, 0.4) is 0 Å². The Morgan fingerprint density at radius 1 is 1.53 bits per heavy atom. The minimum Gasteiger partial charge on any atom is -0.444 e. The van der Waals surface area contributed by atoms with Crippen molar-refractivity contribution in [3.05, 3.63) is 17.8 Å². The highest BCUT2D eigenvalue weighted by Gasteiger charge is 2.21. The van der Waals surface area contributed by atoms with Crippen molar-refractivity contribution in [1.82, 2.24) is 15.0 Å². The predicted molar refractivity (Wildman–Crippen MR) is 72.2 cm³/mol. The van der Waals surface area contributed by atoms with Crippen molar-refractivity contribution in [2.75, 3.05) is 12.3 Å². The summed E-state index contributed by atoms with van der Waals surface area (Å²) in [6.45, 7) is 4.25. The maximum Gasteiger partial charge on any atom is 0.212 e. The average molecular weight is 287 g/mol. The molecule has 2 N–H and O–H groups in total. The second-order valence-corrected chi connectivity index (χ2v) is 6.92. The first-order chi connectivity index (χ1) is 8.96. The van der Waals surface area contributed by atoms with Crippen LogP contribution < -0.4 is 10.0 Å². The lowest BCUT2D eigenvalue weighted by Gasteiger charge is -2.11. The third-order valence-corrected chi connectivity index (χ3v) is 4.50. The van der Waals surface area contributed by atoms with E-state index in [2.05, 4.69) is 15.0 Å². The Hall–Kier alpha value is -0.920. The third kappa shape index (κ3) is 4.93. The Morgan fingerprint density at radius 2 is 2.26 bits per heavy atom. The summed E-state index contributed by atoms with van der Waals surface area (Å²) in [5.41, 5.74) is 0. The van der Waals surface area contributed by atoms with Gasteiger partial charge in [0.2, 0.25) is 15.9 Å². The third-order valence-electron chi connectivity index (χ3n) is 2.97. The molecule has 1 aliphatic rings. The molecule has 1 unspecified atom stereocenters. The number of nitrogens with zero attached hydrogens (tertiary/aromatic N) is 1. The first-order valence-electron chi connectivity index (χ1n) is 6.62. The second-order valence-electron chi connectivity index (χ2n) is 5.05. The van der Waals surface area contributed by atoms with E-state index in [0.29, 0.717) is 24.1 Å². The summed E-state index contributed by atoms with van der Waals surface area (Å²) in [6.07, 6.45) is 4.62. The van der Waals surface area contributed by atoms with Crippen LogP contribution in [0.5, 0.6) is 0 Å². The lowest BCUT2D eigenvalue weighted by atomic mass is 10.4. The molecule has 0 radical (unpaired) electrons. The van der Waals surface area contributed by atoms with Gasteiger partial charge < -0.3 is 9.73 Å². The Morgan fingerprint density at radius 3 is 2.84 bits per heavy atom. The van der Waals surface area contributed by atoms with E-state index in [4.69, 9.17) is 4.42 Å². The number of oxazole rings is 1. The van der Waals surface area contributed by atoms with Gasteiger partial charge in [0.1, 0.15) is 5.76 Å². The average Bonchev–Trinajstić information content (AvgIpc) is 3.05.